The van der Waals surface area contributed by atoms with Crippen molar-refractivity contribution in [1.82, 2.24) is 9.80 Å². The van der Waals surface area contributed by atoms with Gasteiger partial charge in [-0.2, -0.15) is 0 Å². The molecule has 0 saturated carbocycles. The second-order valence-corrected chi connectivity index (χ2v) is 6.94. The van der Waals surface area contributed by atoms with Gasteiger partial charge in [-0.25, -0.2) is 0 Å². The second kappa shape index (κ2) is 7.23. The molecule has 3 nitrogen and oxygen atoms in total. The van der Waals surface area contributed by atoms with Crippen molar-refractivity contribution in [2.75, 3.05) is 33.7 Å². The van der Waals surface area contributed by atoms with E-state index >= 15 is 0 Å². The summed E-state index contributed by atoms with van der Waals surface area (Å²) in [6, 6.07) is 6.94. The van der Waals surface area contributed by atoms with E-state index in [9.17, 15) is 0 Å². The van der Waals surface area contributed by atoms with E-state index in [-0.39, 0.29) is 6.04 Å². The largest absolute Gasteiger partial charge is 0.329 e. The summed E-state index contributed by atoms with van der Waals surface area (Å²) in [6.45, 7) is 2.83. The van der Waals surface area contributed by atoms with Crippen LogP contribution in [-0.2, 0) is 0 Å². The van der Waals surface area contributed by atoms with E-state index in [0.717, 1.165) is 22.6 Å². The van der Waals surface area contributed by atoms with Gasteiger partial charge in [0, 0.05) is 41.2 Å². The zero-order valence-corrected chi connectivity index (χ0v) is 14.5. The second-order valence-electron chi connectivity index (χ2n) is 5.65. The number of likely N-dealkylation sites (tertiary alicyclic amines) is 1. The molecule has 20 heavy (non-hydrogen) atoms. The van der Waals surface area contributed by atoms with Crippen LogP contribution in [0.4, 0.5) is 0 Å². The van der Waals surface area contributed by atoms with Crippen molar-refractivity contribution >= 4 is 27.5 Å². The molecule has 1 atom stereocenters. The highest BCUT2D eigenvalue weighted by Gasteiger charge is 2.27. The van der Waals surface area contributed by atoms with Crippen molar-refractivity contribution in [3.8, 4) is 0 Å². The molecule has 0 aromatic heterocycles. The standard InChI is InChI=1S/C15H23BrClN3/c1-19(2)12-5-7-20(8-6-12)15(10-18)13-4-3-11(17)9-14(13)16/h3-4,9,12,15H,5-8,10,18H2,1-2H3. The van der Waals surface area contributed by atoms with Crippen LogP contribution in [0.5, 0.6) is 0 Å². The summed E-state index contributed by atoms with van der Waals surface area (Å²) in [5.41, 5.74) is 7.27. The fraction of sp³-hybridized carbons (Fsp3) is 0.600. The summed E-state index contributed by atoms with van der Waals surface area (Å²) >= 11 is 9.64. The number of benzene rings is 1. The van der Waals surface area contributed by atoms with Gasteiger partial charge in [0.05, 0.1) is 0 Å². The molecule has 2 N–H and O–H groups in total. The number of piperidine rings is 1. The molecule has 0 amide bonds. The molecule has 0 radical (unpaired) electrons. The predicted molar refractivity (Wildman–Crippen MR) is 89.2 cm³/mol. The highest BCUT2D eigenvalue weighted by atomic mass is 79.9. The Morgan fingerprint density at radius 1 is 1.40 bits per heavy atom. The monoisotopic (exact) mass is 359 g/mol. The summed E-state index contributed by atoms with van der Waals surface area (Å²) in [5, 5.41) is 0.753. The molecule has 1 fully saturated rings. The minimum absolute atomic E-state index is 0.268. The Balaban J connectivity index is 2.09. The Morgan fingerprint density at radius 2 is 2.05 bits per heavy atom. The molecule has 0 bridgehead atoms. The van der Waals surface area contributed by atoms with Crippen LogP contribution >= 0.6 is 27.5 Å². The molecule has 1 aliphatic heterocycles. The van der Waals surface area contributed by atoms with Crippen LogP contribution in [0.1, 0.15) is 24.4 Å². The van der Waals surface area contributed by atoms with Gasteiger partial charge in [-0.1, -0.05) is 33.6 Å². The van der Waals surface area contributed by atoms with E-state index in [1.807, 2.05) is 12.1 Å². The number of halogens is 2. The minimum atomic E-state index is 0.268. The number of hydrogen-bond donors (Lipinski definition) is 1. The molecule has 1 unspecified atom stereocenters. The molecular formula is C15H23BrClN3. The molecule has 1 aromatic rings. The van der Waals surface area contributed by atoms with Crippen LogP contribution in [0.2, 0.25) is 5.02 Å². The normalized spacial score (nSPS) is 19.5. The van der Waals surface area contributed by atoms with Crippen LogP contribution in [0.3, 0.4) is 0 Å². The first kappa shape index (κ1) is 16.2. The minimum Gasteiger partial charge on any atom is -0.329 e. The fourth-order valence-electron chi connectivity index (χ4n) is 2.96. The van der Waals surface area contributed by atoms with Gasteiger partial charge in [0.1, 0.15) is 0 Å². The Labute approximate surface area is 135 Å². The third-order valence-corrected chi connectivity index (χ3v) is 5.14. The quantitative estimate of drug-likeness (QED) is 0.895. The third kappa shape index (κ3) is 3.74. The van der Waals surface area contributed by atoms with Gasteiger partial charge in [0.2, 0.25) is 0 Å². The molecule has 2 rings (SSSR count). The van der Waals surface area contributed by atoms with E-state index in [4.69, 9.17) is 17.3 Å². The number of nitrogens with zero attached hydrogens (tertiary/aromatic N) is 2. The molecule has 5 heteroatoms. The lowest BCUT2D eigenvalue weighted by Gasteiger charge is -2.39. The van der Waals surface area contributed by atoms with Gasteiger partial charge in [-0.15, -0.1) is 0 Å². The SMILES string of the molecule is CN(C)C1CCN(C(CN)c2ccc(Cl)cc2Br)CC1. The maximum Gasteiger partial charge on any atom is 0.0481 e. The van der Waals surface area contributed by atoms with Crippen LogP contribution in [0.25, 0.3) is 0 Å². The number of rotatable bonds is 4. The summed E-state index contributed by atoms with van der Waals surface area (Å²) in [7, 11) is 4.33. The molecule has 0 spiro atoms. The maximum atomic E-state index is 6.03. The summed E-state index contributed by atoms with van der Waals surface area (Å²) < 4.78 is 1.05. The number of hydrogen-bond acceptors (Lipinski definition) is 3. The van der Waals surface area contributed by atoms with E-state index in [2.05, 4.69) is 45.9 Å². The van der Waals surface area contributed by atoms with Gasteiger partial charge in [0.25, 0.3) is 0 Å². The Kier molecular flexibility index (Phi) is 5.87. The molecule has 1 saturated heterocycles. The molecule has 0 aliphatic carbocycles. The number of nitrogens with two attached hydrogens (primary N) is 1. The van der Waals surface area contributed by atoms with Gasteiger partial charge in [-0.3, -0.25) is 4.90 Å². The van der Waals surface area contributed by atoms with E-state index in [0.29, 0.717) is 12.6 Å². The summed E-state index contributed by atoms with van der Waals surface area (Å²) in [5.74, 6) is 0. The van der Waals surface area contributed by atoms with Gasteiger partial charge in [0.15, 0.2) is 0 Å². The van der Waals surface area contributed by atoms with Crippen molar-refractivity contribution in [2.45, 2.75) is 24.9 Å². The lowest BCUT2D eigenvalue weighted by molar-refractivity contribution is 0.110. The van der Waals surface area contributed by atoms with E-state index < -0.39 is 0 Å². The topological polar surface area (TPSA) is 32.5 Å². The zero-order chi connectivity index (χ0) is 14.7. The highest BCUT2D eigenvalue weighted by Crippen LogP contribution is 2.31. The van der Waals surface area contributed by atoms with E-state index in [1.54, 1.807) is 0 Å². The molecule has 112 valence electrons. The van der Waals surface area contributed by atoms with Gasteiger partial charge < -0.3 is 10.6 Å². The van der Waals surface area contributed by atoms with Crippen LogP contribution in [0, 0.1) is 0 Å². The van der Waals surface area contributed by atoms with Crippen LogP contribution < -0.4 is 5.73 Å². The molecule has 1 heterocycles. The smallest absolute Gasteiger partial charge is 0.0481 e. The first-order valence-electron chi connectivity index (χ1n) is 7.08. The van der Waals surface area contributed by atoms with Crippen molar-refractivity contribution in [1.29, 1.82) is 0 Å². The average Bonchev–Trinajstić information content (AvgIpc) is 2.42. The zero-order valence-electron chi connectivity index (χ0n) is 12.1. The Morgan fingerprint density at radius 3 is 2.55 bits per heavy atom. The van der Waals surface area contributed by atoms with Crippen molar-refractivity contribution in [3.63, 3.8) is 0 Å². The van der Waals surface area contributed by atoms with Crippen molar-refractivity contribution in [3.05, 3.63) is 33.3 Å². The third-order valence-electron chi connectivity index (χ3n) is 4.21. The van der Waals surface area contributed by atoms with Gasteiger partial charge in [-0.05, 0) is 44.6 Å². The van der Waals surface area contributed by atoms with Crippen LogP contribution in [0.15, 0.2) is 22.7 Å². The molecular weight excluding hydrogens is 338 g/mol. The summed E-state index contributed by atoms with van der Waals surface area (Å²) in [4.78, 5) is 4.82. The van der Waals surface area contributed by atoms with Crippen molar-refractivity contribution in [2.24, 2.45) is 5.73 Å². The Bertz CT molecular complexity index is 445. The van der Waals surface area contributed by atoms with E-state index in [1.165, 1.54) is 18.4 Å². The predicted octanol–water partition coefficient (Wildman–Crippen LogP) is 3.13. The highest BCUT2D eigenvalue weighted by molar-refractivity contribution is 9.10. The fourth-order valence-corrected chi connectivity index (χ4v) is 3.91. The van der Waals surface area contributed by atoms with Gasteiger partial charge >= 0.3 is 0 Å². The lowest BCUT2D eigenvalue weighted by atomic mass is 9.99. The van der Waals surface area contributed by atoms with Crippen LogP contribution in [-0.4, -0.2) is 49.6 Å². The molecule has 1 aliphatic rings. The summed E-state index contributed by atoms with van der Waals surface area (Å²) in [6.07, 6.45) is 2.41. The Hall–Kier alpha value is -0.130. The first-order chi connectivity index (χ1) is 9.52. The average molecular weight is 361 g/mol. The van der Waals surface area contributed by atoms with Crippen molar-refractivity contribution < 1.29 is 0 Å². The maximum absolute atomic E-state index is 6.03. The first-order valence-corrected chi connectivity index (χ1v) is 8.25. The lowest BCUT2D eigenvalue weighted by Crippen LogP contribution is -2.45. The molecule has 1 aromatic carbocycles.